The maximum atomic E-state index is 13.3. The maximum absolute atomic E-state index is 13.3. The van der Waals surface area contributed by atoms with Gasteiger partial charge in [-0.25, -0.2) is 4.39 Å². The van der Waals surface area contributed by atoms with E-state index < -0.39 is 0 Å². The zero-order valence-corrected chi connectivity index (χ0v) is 10.4. The largest absolute Gasteiger partial charge is 0.396 e. The fourth-order valence-corrected chi connectivity index (χ4v) is 1.56. The van der Waals surface area contributed by atoms with Crippen LogP contribution in [0.15, 0.2) is 30.3 Å². The van der Waals surface area contributed by atoms with Crippen LogP contribution in [0.2, 0.25) is 0 Å². The highest BCUT2D eigenvalue weighted by atomic mass is 19.1. The van der Waals surface area contributed by atoms with Crippen molar-refractivity contribution in [3.63, 3.8) is 0 Å². The van der Waals surface area contributed by atoms with E-state index in [2.05, 4.69) is 5.32 Å². The van der Waals surface area contributed by atoms with Gasteiger partial charge in [0.25, 0.3) is 0 Å². The molecule has 98 valence electrons. The van der Waals surface area contributed by atoms with E-state index in [1.54, 1.807) is 18.2 Å². The number of hydrogen-bond donors (Lipinski definition) is 2. The Hall–Kier alpha value is -1.68. The third kappa shape index (κ3) is 4.67. The van der Waals surface area contributed by atoms with Crippen molar-refractivity contribution < 1.29 is 14.3 Å². The van der Waals surface area contributed by atoms with E-state index in [1.807, 2.05) is 6.92 Å². The van der Waals surface area contributed by atoms with Gasteiger partial charge in [-0.05, 0) is 25.0 Å². The molecule has 1 aromatic rings. The quantitative estimate of drug-likeness (QED) is 0.761. The van der Waals surface area contributed by atoms with Crippen LogP contribution in [-0.4, -0.2) is 23.7 Å². The molecule has 3 nitrogen and oxygen atoms in total. The van der Waals surface area contributed by atoms with Crippen molar-refractivity contribution in [2.45, 2.75) is 25.8 Å². The molecule has 0 saturated carbocycles. The second-order valence-electron chi connectivity index (χ2n) is 3.98. The second-order valence-corrected chi connectivity index (χ2v) is 3.98. The Labute approximate surface area is 106 Å². The third-order valence-corrected chi connectivity index (χ3v) is 2.64. The molecule has 0 aliphatic carbocycles. The van der Waals surface area contributed by atoms with Crippen LogP contribution in [0.4, 0.5) is 4.39 Å². The molecule has 0 bridgehead atoms. The molecule has 1 rings (SSSR count). The molecule has 0 spiro atoms. The van der Waals surface area contributed by atoms with Gasteiger partial charge in [0.1, 0.15) is 5.82 Å². The lowest BCUT2D eigenvalue weighted by molar-refractivity contribution is -0.117. The summed E-state index contributed by atoms with van der Waals surface area (Å²) in [6.07, 6.45) is 4.02. The number of carbonyl (C=O) groups excluding carboxylic acids is 1. The van der Waals surface area contributed by atoms with E-state index in [1.165, 1.54) is 18.2 Å². The van der Waals surface area contributed by atoms with Gasteiger partial charge in [0, 0.05) is 24.3 Å². The Morgan fingerprint density at radius 1 is 1.50 bits per heavy atom. The van der Waals surface area contributed by atoms with Crippen LogP contribution < -0.4 is 5.32 Å². The van der Waals surface area contributed by atoms with E-state index in [9.17, 15) is 9.18 Å². The van der Waals surface area contributed by atoms with Gasteiger partial charge in [-0.2, -0.15) is 0 Å². The molecule has 2 N–H and O–H groups in total. The smallest absolute Gasteiger partial charge is 0.244 e. The van der Waals surface area contributed by atoms with Crippen molar-refractivity contribution in [2.24, 2.45) is 0 Å². The van der Waals surface area contributed by atoms with Gasteiger partial charge in [-0.15, -0.1) is 0 Å². The lowest BCUT2D eigenvalue weighted by atomic mass is 10.1. The number of hydrogen-bond acceptors (Lipinski definition) is 2. The van der Waals surface area contributed by atoms with Gasteiger partial charge in [-0.1, -0.05) is 25.1 Å². The number of aliphatic hydroxyl groups is 1. The van der Waals surface area contributed by atoms with E-state index >= 15 is 0 Å². The van der Waals surface area contributed by atoms with Crippen molar-refractivity contribution in [2.75, 3.05) is 6.61 Å². The van der Waals surface area contributed by atoms with Crippen molar-refractivity contribution in [3.05, 3.63) is 41.7 Å². The molecule has 1 atom stereocenters. The lowest BCUT2D eigenvalue weighted by Gasteiger charge is -2.13. The monoisotopic (exact) mass is 251 g/mol. The van der Waals surface area contributed by atoms with Crippen LogP contribution in [-0.2, 0) is 4.79 Å². The number of amides is 1. The summed E-state index contributed by atoms with van der Waals surface area (Å²) in [7, 11) is 0. The van der Waals surface area contributed by atoms with Gasteiger partial charge in [0.15, 0.2) is 0 Å². The van der Waals surface area contributed by atoms with Gasteiger partial charge in [0.05, 0.1) is 0 Å². The van der Waals surface area contributed by atoms with Gasteiger partial charge < -0.3 is 10.4 Å². The van der Waals surface area contributed by atoms with Crippen LogP contribution >= 0.6 is 0 Å². The molecule has 18 heavy (non-hydrogen) atoms. The molecule has 4 heteroatoms. The predicted molar refractivity (Wildman–Crippen MR) is 69.4 cm³/mol. The highest BCUT2D eigenvalue weighted by Gasteiger charge is 2.07. The second kappa shape index (κ2) is 7.61. The Morgan fingerprint density at radius 2 is 2.22 bits per heavy atom. The number of aliphatic hydroxyl groups excluding tert-OH is 1. The molecular weight excluding hydrogens is 233 g/mol. The first kappa shape index (κ1) is 14.4. The molecule has 0 saturated heterocycles. The summed E-state index contributed by atoms with van der Waals surface area (Å²) in [6, 6.07) is 6.21. The summed E-state index contributed by atoms with van der Waals surface area (Å²) in [5.74, 6) is -0.637. The van der Waals surface area contributed by atoms with Crippen molar-refractivity contribution in [1.29, 1.82) is 0 Å². The van der Waals surface area contributed by atoms with Crippen LogP contribution in [0.5, 0.6) is 0 Å². The SMILES string of the molecule is CCC(CCO)NC(=O)/C=C/c1ccccc1F. The summed E-state index contributed by atoms with van der Waals surface area (Å²) in [5.41, 5.74) is 0.378. The standard InChI is InChI=1S/C14H18FNO2/c1-2-12(9-10-17)16-14(18)8-7-11-5-3-4-6-13(11)15/h3-8,12,17H,2,9-10H2,1H3,(H,16,18)/b8-7+. The van der Waals surface area contributed by atoms with E-state index in [4.69, 9.17) is 5.11 Å². The Morgan fingerprint density at radius 3 is 2.83 bits per heavy atom. The highest BCUT2D eigenvalue weighted by molar-refractivity contribution is 5.91. The topological polar surface area (TPSA) is 49.3 Å². The summed E-state index contributed by atoms with van der Waals surface area (Å²) < 4.78 is 13.3. The molecule has 0 radical (unpaired) electrons. The highest BCUT2D eigenvalue weighted by Crippen LogP contribution is 2.08. The Bertz CT molecular complexity index is 418. The molecule has 0 aliphatic rings. The van der Waals surface area contributed by atoms with Crippen LogP contribution in [0, 0.1) is 5.82 Å². The summed E-state index contributed by atoms with van der Waals surface area (Å²) >= 11 is 0. The molecule has 0 heterocycles. The van der Waals surface area contributed by atoms with E-state index in [-0.39, 0.29) is 24.4 Å². The Kier molecular flexibility index (Phi) is 6.08. The van der Waals surface area contributed by atoms with Crippen molar-refractivity contribution in [3.8, 4) is 0 Å². The summed E-state index contributed by atoms with van der Waals surface area (Å²) in [5, 5.41) is 11.6. The third-order valence-electron chi connectivity index (χ3n) is 2.64. The molecular formula is C14H18FNO2. The number of carbonyl (C=O) groups is 1. The molecule has 0 fully saturated rings. The minimum atomic E-state index is -0.357. The number of benzene rings is 1. The first-order valence-electron chi connectivity index (χ1n) is 6.01. The molecule has 1 aromatic carbocycles. The number of halogens is 1. The lowest BCUT2D eigenvalue weighted by Crippen LogP contribution is -2.33. The Balaban J connectivity index is 2.57. The summed E-state index contributed by atoms with van der Waals surface area (Å²) in [4.78, 5) is 11.6. The van der Waals surface area contributed by atoms with Crippen LogP contribution in [0.25, 0.3) is 6.08 Å². The molecule has 0 aliphatic heterocycles. The minimum Gasteiger partial charge on any atom is -0.396 e. The molecule has 0 aromatic heterocycles. The maximum Gasteiger partial charge on any atom is 0.244 e. The first-order valence-corrected chi connectivity index (χ1v) is 6.01. The van der Waals surface area contributed by atoms with Gasteiger partial charge in [0.2, 0.25) is 5.91 Å². The van der Waals surface area contributed by atoms with Crippen LogP contribution in [0.1, 0.15) is 25.3 Å². The number of rotatable bonds is 6. The van der Waals surface area contributed by atoms with Gasteiger partial charge >= 0.3 is 0 Å². The zero-order valence-electron chi connectivity index (χ0n) is 10.4. The first-order chi connectivity index (χ1) is 8.67. The number of nitrogens with one attached hydrogen (secondary N) is 1. The zero-order chi connectivity index (χ0) is 13.4. The van der Waals surface area contributed by atoms with Gasteiger partial charge in [-0.3, -0.25) is 4.79 Å². The minimum absolute atomic E-state index is 0.0375. The van der Waals surface area contributed by atoms with Crippen molar-refractivity contribution in [1.82, 2.24) is 5.32 Å². The average molecular weight is 251 g/mol. The fourth-order valence-electron chi connectivity index (χ4n) is 1.56. The normalized spacial score (nSPS) is 12.6. The molecule has 1 unspecified atom stereocenters. The molecule has 1 amide bonds. The van der Waals surface area contributed by atoms with E-state index in [0.29, 0.717) is 12.0 Å². The average Bonchev–Trinajstić information content (AvgIpc) is 2.37. The summed E-state index contributed by atoms with van der Waals surface area (Å²) in [6.45, 7) is 1.97. The van der Waals surface area contributed by atoms with E-state index in [0.717, 1.165) is 6.42 Å². The fraction of sp³-hybridized carbons (Fsp3) is 0.357. The predicted octanol–water partition coefficient (Wildman–Crippen LogP) is 2.12. The van der Waals surface area contributed by atoms with Crippen LogP contribution in [0.3, 0.4) is 0 Å². The van der Waals surface area contributed by atoms with Crippen molar-refractivity contribution >= 4 is 12.0 Å².